The molecule has 0 saturated heterocycles. The molecule has 1 aliphatic heterocycles. The fraction of sp³-hybridized carbons (Fsp3) is 0.286. The molecule has 0 atom stereocenters. The van der Waals surface area contributed by atoms with Crippen LogP contribution < -0.4 is 19.7 Å². The van der Waals surface area contributed by atoms with Gasteiger partial charge >= 0.3 is 0 Å². The fourth-order valence-electron chi connectivity index (χ4n) is 3.74. The highest BCUT2D eigenvalue weighted by Crippen LogP contribution is 2.34. The summed E-state index contributed by atoms with van der Waals surface area (Å²) >= 11 is 0. The summed E-state index contributed by atoms with van der Waals surface area (Å²) in [5.41, 5.74) is 4.17. The molecule has 0 spiro atoms. The highest BCUT2D eigenvalue weighted by atomic mass is 16.5. The first kappa shape index (κ1) is 23.4. The van der Waals surface area contributed by atoms with Gasteiger partial charge in [-0.2, -0.15) is 0 Å². The number of carbonyl (C=O) groups is 2. The monoisotopic (exact) mass is 458 g/mol. The van der Waals surface area contributed by atoms with Crippen LogP contribution in [0.4, 0.5) is 11.4 Å². The van der Waals surface area contributed by atoms with E-state index in [1.165, 1.54) is 5.56 Å². The zero-order chi connectivity index (χ0) is 24.3. The van der Waals surface area contributed by atoms with Crippen LogP contribution in [0.3, 0.4) is 0 Å². The molecule has 3 aromatic rings. The molecular weight excluding hydrogens is 428 g/mol. The number of hydrogen-bond donors (Lipinski definition) is 1. The topological polar surface area (TPSA) is 67.9 Å². The van der Waals surface area contributed by atoms with Gasteiger partial charge in [0.25, 0.3) is 11.8 Å². The van der Waals surface area contributed by atoms with Gasteiger partial charge in [0.2, 0.25) is 0 Å². The van der Waals surface area contributed by atoms with Crippen molar-refractivity contribution in [1.82, 2.24) is 0 Å². The summed E-state index contributed by atoms with van der Waals surface area (Å²) < 4.78 is 11.5. The van der Waals surface area contributed by atoms with Crippen LogP contribution in [-0.2, 0) is 10.2 Å². The minimum Gasteiger partial charge on any atom is -0.492 e. The second-order valence-corrected chi connectivity index (χ2v) is 9.46. The average Bonchev–Trinajstić information content (AvgIpc) is 2.80. The lowest BCUT2D eigenvalue weighted by Gasteiger charge is -2.29. The number of carbonyl (C=O) groups excluding carboxylic acids is 2. The van der Waals surface area contributed by atoms with Gasteiger partial charge in [-0.05, 0) is 60.4 Å². The first-order valence-corrected chi connectivity index (χ1v) is 11.4. The number of hydrogen-bond acceptors (Lipinski definition) is 4. The van der Waals surface area contributed by atoms with E-state index in [1.807, 2.05) is 31.2 Å². The maximum atomic E-state index is 12.6. The summed E-state index contributed by atoms with van der Waals surface area (Å²) in [4.78, 5) is 26.9. The Morgan fingerprint density at radius 1 is 1.03 bits per heavy atom. The summed E-state index contributed by atoms with van der Waals surface area (Å²) in [6.07, 6.45) is 0. The number of benzene rings is 3. The second-order valence-electron chi connectivity index (χ2n) is 9.46. The Bertz CT molecular complexity index is 1180. The Balaban J connectivity index is 1.43. The molecule has 0 saturated carbocycles. The first-order valence-electron chi connectivity index (χ1n) is 11.4. The standard InChI is InChI=1S/C28H30N2O4/c1-19-5-7-20(8-6-19)27(32)29-22-11-14-25-24(17-22)30(26(31)18-34-25)15-16-33-23-12-9-21(10-13-23)28(2,3)4/h5-14,17H,15-16,18H2,1-4H3,(H,29,32). The van der Waals surface area contributed by atoms with Crippen LogP contribution in [0.25, 0.3) is 0 Å². The second kappa shape index (κ2) is 9.59. The fourth-order valence-corrected chi connectivity index (χ4v) is 3.74. The van der Waals surface area contributed by atoms with E-state index in [0.29, 0.717) is 35.8 Å². The van der Waals surface area contributed by atoms with Crippen molar-refractivity contribution < 1.29 is 19.1 Å². The number of amides is 2. The zero-order valence-electron chi connectivity index (χ0n) is 20.1. The van der Waals surface area contributed by atoms with E-state index in [-0.39, 0.29) is 23.8 Å². The number of aryl methyl sites for hydroxylation is 1. The van der Waals surface area contributed by atoms with Crippen LogP contribution in [0.1, 0.15) is 42.3 Å². The molecule has 0 unspecified atom stereocenters. The zero-order valence-corrected chi connectivity index (χ0v) is 20.1. The molecule has 2 amide bonds. The molecule has 176 valence electrons. The van der Waals surface area contributed by atoms with Gasteiger partial charge in [0.1, 0.15) is 18.1 Å². The molecule has 3 aromatic carbocycles. The Hall–Kier alpha value is -3.80. The molecule has 6 heteroatoms. The van der Waals surface area contributed by atoms with Crippen LogP contribution in [0, 0.1) is 6.92 Å². The molecule has 1 N–H and O–H groups in total. The molecule has 1 heterocycles. The smallest absolute Gasteiger partial charge is 0.265 e. The van der Waals surface area contributed by atoms with E-state index in [0.717, 1.165) is 11.3 Å². The van der Waals surface area contributed by atoms with Gasteiger partial charge in [0.05, 0.1) is 12.2 Å². The number of anilines is 2. The number of fused-ring (bicyclic) bond motifs is 1. The van der Waals surface area contributed by atoms with Crippen molar-refractivity contribution in [2.75, 3.05) is 30.0 Å². The molecular formula is C28H30N2O4. The molecule has 0 fully saturated rings. The number of nitrogens with one attached hydrogen (secondary N) is 1. The van der Waals surface area contributed by atoms with Crippen LogP contribution in [-0.4, -0.2) is 31.6 Å². The molecule has 0 aliphatic carbocycles. The van der Waals surface area contributed by atoms with Crippen molar-refractivity contribution in [3.8, 4) is 11.5 Å². The minimum atomic E-state index is -0.211. The molecule has 6 nitrogen and oxygen atoms in total. The molecule has 1 aliphatic rings. The van der Waals surface area contributed by atoms with Gasteiger partial charge in [0, 0.05) is 11.3 Å². The van der Waals surface area contributed by atoms with Crippen LogP contribution in [0.15, 0.2) is 66.7 Å². The normalized spacial score (nSPS) is 13.2. The van der Waals surface area contributed by atoms with E-state index in [1.54, 1.807) is 35.2 Å². The van der Waals surface area contributed by atoms with E-state index < -0.39 is 0 Å². The lowest BCUT2D eigenvalue weighted by molar-refractivity contribution is -0.121. The number of ether oxygens (including phenoxy) is 2. The van der Waals surface area contributed by atoms with Gasteiger partial charge in [0.15, 0.2) is 6.61 Å². The predicted molar refractivity (Wildman–Crippen MR) is 134 cm³/mol. The Morgan fingerprint density at radius 2 is 1.74 bits per heavy atom. The third kappa shape index (κ3) is 5.39. The van der Waals surface area contributed by atoms with Gasteiger partial charge < -0.3 is 19.7 Å². The highest BCUT2D eigenvalue weighted by molar-refractivity contribution is 6.05. The highest BCUT2D eigenvalue weighted by Gasteiger charge is 2.26. The predicted octanol–water partition coefficient (Wildman–Crippen LogP) is 5.35. The van der Waals surface area contributed by atoms with Crippen molar-refractivity contribution in [3.63, 3.8) is 0 Å². The molecule has 0 bridgehead atoms. The van der Waals surface area contributed by atoms with Crippen LogP contribution >= 0.6 is 0 Å². The summed E-state index contributed by atoms with van der Waals surface area (Å²) in [7, 11) is 0. The molecule has 0 radical (unpaired) electrons. The number of nitrogens with zero attached hydrogens (tertiary/aromatic N) is 1. The van der Waals surface area contributed by atoms with Gasteiger partial charge in [-0.3, -0.25) is 9.59 Å². The quantitative estimate of drug-likeness (QED) is 0.541. The lowest BCUT2D eigenvalue weighted by atomic mass is 9.87. The van der Waals surface area contributed by atoms with E-state index in [9.17, 15) is 9.59 Å². The van der Waals surface area contributed by atoms with Crippen molar-refractivity contribution in [2.45, 2.75) is 33.1 Å². The summed E-state index contributed by atoms with van der Waals surface area (Å²) in [6, 6.07) is 20.7. The van der Waals surface area contributed by atoms with E-state index in [2.05, 4.69) is 38.2 Å². The summed E-state index contributed by atoms with van der Waals surface area (Å²) in [6.45, 7) is 9.15. The minimum absolute atomic E-state index is 0.0254. The van der Waals surface area contributed by atoms with E-state index >= 15 is 0 Å². The average molecular weight is 459 g/mol. The maximum absolute atomic E-state index is 12.6. The lowest BCUT2D eigenvalue weighted by Crippen LogP contribution is -2.41. The van der Waals surface area contributed by atoms with Crippen LogP contribution in [0.5, 0.6) is 11.5 Å². The summed E-state index contributed by atoms with van der Waals surface area (Å²) in [5, 5.41) is 2.90. The van der Waals surface area contributed by atoms with Crippen molar-refractivity contribution in [2.24, 2.45) is 0 Å². The first-order chi connectivity index (χ1) is 16.2. The van der Waals surface area contributed by atoms with Crippen molar-refractivity contribution >= 4 is 23.2 Å². The van der Waals surface area contributed by atoms with Gasteiger partial charge in [-0.25, -0.2) is 0 Å². The third-order valence-electron chi connectivity index (χ3n) is 5.78. The van der Waals surface area contributed by atoms with Gasteiger partial charge in [-0.15, -0.1) is 0 Å². The largest absolute Gasteiger partial charge is 0.492 e. The van der Waals surface area contributed by atoms with Crippen molar-refractivity contribution in [3.05, 3.63) is 83.4 Å². The van der Waals surface area contributed by atoms with Gasteiger partial charge in [-0.1, -0.05) is 50.6 Å². The maximum Gasteiger partial charge on any atom is 0.265 e. The Labute approximate surface area is 200 Å². The molecule has 4 rings (SSSR count). The molecule has 34 heavy (non-hydrogen) atoms. The Kier molecular flexibility index (Phi) is 6.59. The summed E-state index contributed by atoms with van der Waals surface area (Å²) in [5.74, 6) is 0.994. The third-order valence-corrected chi connectivity index (χ3v) is 5.78. The van der Waals surface area contributed by atoms with Crippen molar-refractivity contribution in [1.29, 1.82) is 0 Å². The van der Waals surface area contributed by atoms with E-state index in [4.69, 9.17) is 9.47 Å². The SMILES string of the molecule is Cc1ccc(C(=O)Nc2ccc3c(c2)N(CCOc2ccc(C(C)(C)C)cc2)C(=O)CO3)cc1. The molecule has 0 aromatic heterocycles. The Morgan fingerprint density at radius 3 is 2.41 bits per heavy atom. The number of rotatable bonds is 6. The van der Waals surface area contributed by atoms with Crippen LogP contribution in [0.2, 0.25) is 0 Å².